The zero-order valence-electron chi connectivity index (χ0n) is 19.8. The van der Waals surface area contributed by atoms with Gasteiger partial charge in [-0.05, 0) is 55.5 Å². The van der Waals surface area contributed by atoms with E-state index in [-0.39, 0.29) is 24.1 Å². The van der Waals surface area contributed by atoms with Crippen LogP contribution >= 0.6 is 0 Å². The van der Waals surface area contributed by atoms with Crippen LogP contribution < -0.4 is 4.74 Å². The lowest BCUT2D eigenvalue weighted by atomic mass is 10.1. The van der Waals surface area contributed by atoms with Crippen molar-refractivity contribution in [3.05, 3.63) is 60.2 Å². The fraction of sp³-hybridized carbons (Fsp3) is 0.423. The predicted molar refractivity (Wildman–Crippen MR) is 130 cm³/mol. The molecular formula is C26H30N2O6S. The minimum atomic E-state index is -1.51. The zero-order chi connectivity index (χ0) is 24.8. The molecule has 2 heterocycles. The number of amides is 2. The van der Waals surface area contributed by atoms with Crippen LogP contribution in [-0.2, 0) is 31.7 Å². The number of carbonyl (C=O) groups is 3. The normalized spacial score (nSPS) is 20.5. The number of benzene rings is 2. The first-order valence-electron chi connectivity index (χ1n) is 11.8. The van der Waals surface area contributed by atoms with Crippen molar-refractivity contribution < 1.29 is 28.1 Å². The molecule has 0 saturated carbocycles. The number of likely N-dealkylation sites (tertiary alicyclic amines) is 2. The number of rotatable bonds is 8. The van der Waals surface area contributed by atoms with Gasteiger partial charge in [0.15, 0.2) is 5.78 Å². The third-order valence-corrected chi connectivity index (χ3v) is 7.83. The van der Waals surface area contributed by atoms with Crippen LogP contribution in [0.25, 0.3) is 0 Å². The van der Waals surface area contributed by atoms with Gasteiger partial charge in [-0.2, -0.15) is 0 Å². The number of hydrogen-bond donors (Lipinski definition) is 0. The van der Waals surface area contributed by atoms with Crippen molar-refractivity contribution in [1.29, 1.82) is 0 Å². The minimum absolute atomic E-state index is 0.138. The summed E-state index contributed by atoms with van der Waals surface area (Å²) in [6.07, 6.45) is 1.95. The summed E-state index contributed by atoms with van der Waals surface area (Å²) in [7, 11) is 0.0385. The van der Waals surface area contributed by atoms with Crippen LogP contribution in [0.2, 0.25) is 0 Å². The van der Waals surface area contributed by atoms with Crippen LogP contribution in [-0.4, -0.2) is 69.8 Å². The summed E-state index contributed by atoms with van der Waals surface area (Å²) >= 11 is 0. The molecule has 0 bridgehead atoms. The Morgan fingerprint density at radius 3 is 2.26 bits per heavy atom. The maximum absolute atomic E-state index is 13.4. The topological polar surface area (TPSA) is 93.2 Å². The van der Waals surface area contributed by atoms with Crippen LogP contribution in [0, 0.1) is 0 Å². The van der Waals surface area contributed by atoms with Crippen molar-refractivity contribution in [3.8, 4) is 5.75 Å². The molecule has 0 N–H and O–H groups in total. The first-order valence-corrected chi connectivity index (χ1v) is 13.1. The molecule has 2 aromatic carbocycles. The van der Waals surface area contributed by atoms with Crippen molar-refractivity contribution in [2.24, 2.45) is 0 Å². The second kappa shape index (κ2) is 11.5. The average molecular weight is 499 g/mol. The lowest BCUT2D eigenvalue weighted by Crippen LogP contribution is -2.51. The second-order valence-electron chi connectivity index (χ2n) is 8.71. The number of ketones is 1. The van der Waals surface area contributed by atoms with Gasteiger partial charge in [0.1, 0.15) is 18.4 Å². The number of hydrogen-bond acceptors (Lipinski definition) is 6. The number of ether oxygens (including phenoxy) is 2. The van der Waals surface area contributed by atoms with E-state index >= 15 is 0 Å². The Morgan fingerprint density at radius 2 is 1.57 bits per heavy atom. The van der Waals surface area contributed by atoms with E-state index in [1.807, 2.05) is 30.3 Å². The van der Waals surface area contributed by atoms with Crippen LogP contribution in [0.3, 0.4) is 0 Å². The Bertz CT molecular complexity index is 1080. The average Bonchev–Trinajstić information content (AvgIpc) is 3.58. The van der Waals surface area contributed by atoms with Gasteiger partial charge in [-0.1, -0.05) is 30.3 Å². The van der Waals surface area contributed by atoms with Crippen LogP contribution in [0.5, 0.6) is 5.75 Å². The van der Waals surface area contributed by atoms with Crippen molar-refractivity contribution in [2.75, 3.05) is 26.0 Å². The van der Waals surface area contributed by atoms with Crippen LogP contribution in [0.1, 0.15) is 31.2 Å². The fourth-order valence-corrected chi connectivity index (χ4v) is 5.69. The Kier molecular flexibility index (Phi) is 8.17. The molecule has 2 aliphatic rings. The predicted octanol–water partition coefficient (Wildman–Crippen LogP) is 3.16. The van der Waals surface area contributed by atoms with Gasteiger partial charge in [-0.15, -0.1) is 0 Å². The van der Waals surface area contributed by atoms with Gasteiger partial charge in [0, 0.05) is 18.0 Å². The Hall–Kier alpha value is -3.20. The van der Waals surface area contributed by atoms with Gasteiger partial charge < -0.3 is 14.4 Å². The molecule has 4 rings (SSSR count). The Morgan fingerprint density at radius 1 is 0.914 bits per heavy atom. The minimum Gasteiger partial charge on any atom is -0.497 e. The second-order valence-corrected chi connectivity index (χ2v) is 10.2. The van der Waals surface area contributed by atoms with Gasteiger partial charge in [-0.3, -0.25) is 18.7 Å². The maximum atomic E-state index is 13.4. The smallest absolute Gasteiger partial charge is 0.410 e. The third kappa shape index (κ3) is 5.90. The Balaban J connectivity index is 1.36. The molecule has 0 aliphatic carbocycles. The number of nitrogens with zero attached hydrogens (tertiary/aromatic N) is 2. The van der Waals surface area contributed by atoms with Crippen LogP contribution in [0.15, 0.2) is 59.5 Å². The zero-order valence-corrected chi connectivity index (χ0v) is 20.6. The van der Waals surface area contributed by atoms with Gasteiger partial charge in [-0.25, -0.2) is 4.79 Å². The Labute approximate surface area is 207 Å². The molecule has 1 unspecified atom stereocenters. The highest BCUT2D eigenvalue weighted by atomic mass is 32.2. The van der Waals surface area contributed by atoms with Gasteiger partial charge in [0.25, 0.3) is 0 Å². The van der Waals surface area contributed by atoms with E-state index in [4.69, 9.17) is 9.47 Å². The summed E-state index contributed by atoms with van der Waals surface area (Å²) in [4.78, 5) is 42.8. The highest BCUT2D eigenvalue weighted by Crippen LogP contribution is 2.26. The first kappa shape index (κ1) is 24.9. The van der Waals surface area contributed by atoms with Crippen molar-refractivity contribution in [2.45, 2.75) is 49.3 Å². The molecular weight excluding hydrogens is 468 g/mol. The quantitative estimate of drug-likeness (QED) is 0.555. The number of methoxy groups -OCH3 is 1. The van der Waals surface area contributed by atoms with Crippen molar-refractivity contribution in [3.63, 3.8) is 0 Å². The van der Waals surface area contributed by atoms with E-state index in [1.54, 1.807) is 36.3 Å². The molecule has 35 heavy (non-hydrogen) atoms. The lowest BCUT2D eigenvalue weighted by Gasteiger charge is -2.30. The number of carbonyl (C=O) groups excluding carboxylic acids is 3. The molecule has 0 radical (unpaired) electrons. The molecule has 0 aromatic heterocycles. The van der Waals surface area contributed by atoms with E-state index < -0.39 is 29.0 Å². The molecule has 0 spiro atoms. The van der Waals surface area contributed by atoms with Crippen LogP contribution in [0.4, 0.5) is 4.79 Å². The molecule has 2 aliphatic heterocycles. The summed E-state index contributed by atoms with van der Waals surface area (Å²) in [5.74, 6) is 0.0355. The molecule has 2 fully saturated rings. The molecule has 8 nitrogen and oxygen atoms in total. The van der Waals surface area contributed by atoms with E-state index in [1.165, 1.54) is 4.90 Å². The SMILES string of the molecule is COc1ccc(S(=O)CC(=O)[C@@H]2CCCN2C(=O)[C@@H]2CCCN2C(=O)OCc2ccccc2)cc1. The molecule has 2 aromatic rings. The fourth-order valence-electron chi connectivity index (χ4n) is 4.64. The maximum Gasteiger partial charge on any atom is 0.410 e. The summed E-state index contributed by atoms with van der Waals surface area (Å²) in [5, 5.41) is 0. The molecule has 9 heteroatoms. The highest BCUT2D eigenvalue weighted by Gasteiger charge is 2.42. The van der Waals surface area contributed by atoms with Gasteiger partial charge in [0.05, 0.1) is 29.7 Å². The summed E-state index contributed by atoms with van der Waals surface area (Å²) in [5.41, 5.74) is 0.873. The van der Waals surface area contributed by atoms with E-state index in [9.17, 15) is 18.6 Å². The lowest BCUT2D eigenvalue weighted by molar-refractivity contribution is -0.140. The monoisotopic (exact) mass is 498 g/mol. The van der Waals surface area contributed by atoms with E-state index in [2.05, 4.69) is 0 Å². The standard InChI is InChI=1S/C26H30N2O6S/c1-33-20-11-13-21(14-12-20)35(32)18-24(29)22-9-5-15-27(22)25(30)23-10-6-16-28(23)26(31)34-17-19-7-3-2-4-8-19/h2-4,7-8,11-14,22-23H,5-6,9-10,15-18H2,1H3/t22-,23-,35?/m0/s1. The molecule has 186 valence electrons. The van der Waals surface area contributed by atoms with Crippen molar-refractivity contribution in [1.82, 2.24) is 9.80 Å². The summed E-state index contributed by atoms with van der Waals surface area (Å²) < 4.78 is 23.3. The first-order chi connectivity index (χ1) is 17.0. The molecule has 2 saturated heterocycles. The number of Topliss-reactive ketones (excluding diaryl/α,β-unsaturated/α-hetero) is 1. The summed E-state index contributed by atoms with van der Waals surface area (Å²) in [6.45, 7) is 1.03. The van der Waals surface area contributed by atoms with E-state index in [0.29, 0.717) is 49.4 Å². The largest absolute Gasteiger partial charge is 0.497 e. The molecule has 2 amide bonds. The molecule has 3 atom stereocenters. The summed E-state index contributed by atoms with van der Waals surface area (Å²) in [6, 6.07) is 14.9. The van der Waals surface area contributed by atoms with Crippen molar-refractivity contribution >= 4 is 28.6 Å². The highest BCUT2D eigenvalue weighted by molar-refractivity contribution is 7.85. The van der Waals surface area contributed by atoms with E-state index in [0.717, 1.165) is 5.56 Å². The van der Waals surface area contributed by atoms with Gasteiger partial charge in [0.2, 0.25) is 5.91 Å². The third-order valence-electron chi connectivity index (χ3n) is 6.48. The van der Waals surface area contributed by atoms with Gasteiger partial charge >= 0.3 is 6.09 Å².